The summed E-state index contributed by atoms with van der Waals surface area (Å²) in [6, 6.07) is 19.7. The average Bonchev–Trinajstić information content (AvgIpc) is 3.49. The summed E-state index contributed by atoms with van der Waals surface area (Å²) in [6.45, 7) is 4.52. The highest BCUT2D eigenvalue weighted by Gasteiger charge is 2.22. The lowest BCUT2D eigenvalue weighted by Gasteiger charge is -2.19. The van der Waals surface area contributed by atoms with E-state index in [1.54, 1.807) is 4.90 Å². The fourth-order valence-electron chi connectivity index (χ4n) is 3.52. The lowest BCUT2D eigenvalue weighted by atomic mass is 10.1. The van der Waals surface area contributed by atoms with Crippen molar-refractivity contribution in [1.29, 1.82) is 0 Å². The maximum Gasteiger partial charge on any atom is 0.270 e. The molecule has 0 fully saturated rings. The second-order valence-corrected chi connectivity index (χ2v) is 9.62. The van der Waals surface area contributed by atoms with Crippen molar-refractivity contribution in [3.8, 4) is 0 Å². The summed E-state index contributed by atoms with van der Waals surface area (Å²) in [5, 5.41) is 7.32. The van der Waals surface area contributed by atoms with Gasteiger partial charge in [-0.05, 0) is 48.9 Å². The maximum absolute atomic E-state index is 13.2. The van der Waals surface area contributed by atoms with Gasteiger partial charge in [-0.25, -0.2) is 4.98 Å². The zero-order valence-electron chi connectivity index (χ0n) is 18.6. The summed E-state index contributed by atoms with van der Waals surface area (Å²) in [4.78, 5) is 32.8. The molecule has 0 radical (unpaired) electrons. The Labute approximate surface area is 201 Å². The Kier molecular flexibility index (Phi) is 7.32. The van der Waals surface area contributed by atoms with Gasteiger partial charge in [0.15, 0.2) is 5.13 Å². The van der Waals surface area contributed by atoms with Gasteiger partial charge in [0.2, 0.25) is 5.91 Å². The Morgan fingerprint density at radius 3 is 2.55 bits per heavy atom. The molecule has 5 nitrogen and oxygen atoms in total. The fraction of sp³-hybridized carbons (Fsp3) is 0.192. The molecule has 0 aliphatic heterocycles. The molecule has 2 amide bonds. The van der Waals surface area contributed by atoms with E-state index >= 15 is 0 Å². The van der Waals surface area contributed by atoms with Crippen molar-refractivity contribution in [2.75, 3.05) is 16.8 Å². The van der Waals surface area contributed by atoms with Crippen LogP contribution in [0.1, 0.15) is 32.1 Å². The van der Waals surface area contributed by atoms with Gasteiger partial charge in [-0.15, -0.1) is 22.7 Å². The number of amides is 2. The van der Waals surface area contributed by atoms with Crippen LogP contribution in [0.15, 0.2) is 71.4 Å². The average molecular weight is 476 g/mol. The molecule has 0 saturated carbocycles. The molecule has 4 rings (SSSR count). The van der Waals surface area contributed by atoms with Crippen LogP contribution in [0, 0.1) is 13.8 Å². The zero-order valence-corrected chi connectivity index (χ0v) is 20.2. The van der Waals surface area contributed by atoms with Crippen molar-refractivity contribution in [2.24, 2.45) is 0 Å². The number of hydrogen-bond donors (Lipinski definition) is 1. The van der Waals surface area contributed by atoms with Gasteiger partial charge < -0.3 is 5.32 Å². The summed E-state index contributed by atoms with van der Waals surface area (Å²) < 4.78 is 0. The second kappa shape index (κ2) is 10.6. The van der Waals surface area contributed by atoms with Gasteiger partial charge in [0.05, 0.1) is 17.0 Å². The van der Waals surface area contributed by atoms with Crippen molar-refractivity contribution in [3.63, 3.8) is 0 Å². The predicted octanol–water partition coefficient (Wildman–Crippen LogP) is 5.89. The van der Waals surface area contributed by atoms with Crippen LogP contribution < -0.4 is 10.2 Å². The van der Waals surface area contributed by atoms with Crippen molar-refractivity contribution in [3.05, 3.63) is 98.7 Å². The third kappa shape index (κ3) is 5.94. The number of thiophene rings is 1. The first kappa shape index (κ1) is 22.9. The molecule has 0 bridgehead atoms. The number of anilines is 2. The van der Waals surface area contributed by atoms with E-state index in [0.717, 1.165) is 28.8 Å². The Morgan fingerprint density at radius 2 is 1.82 bits per heavy atom. The summed E-state index contributed by atoms with van der Waals surface area (Å²) in [5.41, 5.74) is 4.79. The first-order valence-electron chi connectivity index (χ1n) is 10.7. The van der Waals surface area contributed by atoms with Gasteiger partial charge in [0.25, 0.3) is 5.91 Å². The normalized spacial score (nSPS) is 10.7. The predicted molar refractivity (Wildman–Crippen MR) is 137 cm³/mol. The highest BCUT2D eigenvalue weighted by Crippen LogP contribution is 2.25. The zero-order chi connectivity index (χ0) is 23.2. The third-order valence-electron chi connectivity index (χ3n) is 5.21. The van der Waals surface area contributed by atoms with E-state index in [4.69, 9.17) is 0 Å². The number of aromatic nitrogens is 1. The van der Waals surface area contributed by atoms with Crippen LogP contribution in [-0.2, 0) is 17.6 Å². The number of carbonyl (C=O) groups excluding carboxylic acids is 2. The van der Waals surface area contributed by atoms with Crippen LogP contribution in [-0.4, -0.2) is 23.3 Å². The molecule has 0 spiro atoms. The molecule has 2 heterocycles. The Morgan fingerprint density at radius 1 is 1.00 bits per heavy atom. The smallest absolute Gasteiger partial charge is 0.270 e. The number of benzene rings is 2. The molecule has 1 N–H and O–H groups in total. The quantitative estimate of drug-likeness (QED) is 0.345. The number of hydrogen-bond acceptors (Lipinski definition) is 5. The van der Waals surface area contributed by atoms with E-state index < -0.39 is 0 Å². The summed E-state index contributed by atoms with van der Waals surface area (Å²) in [7, 11) is 0. The number of rotatable bonds is 8. The van der Waals surface area contributed by atoms with Crippen molar-refractivity contribution in [1.82, 2.24) is 4.98 Å². The van der Waals surface area contributed by atoms with Crippen LogP contribution in [0.3, 0.4) is 0 Å². The highest BCUT2D eigenvalue weighted by atomic mass is 32.1. The third-order valence-corrected chi connectivity index (χ3v) is 6.98. The molecule has 0 aliphatic carbocycles. The van der Waals surface area contributed by atoms with E-state index in [1.165, 1.54) is 22.7 Å². The molecule has 7 heteroatoms. The molecule has 4 aromatic rings. The summed E-state index contributed by atoms with van der Waals surface area (Å²) in [6.07, 6.45) is 0.879. The first-order valence-corrected chi connectivity index (χ1v) is 12.5. The Hall–Kier alpha value is -3.29. The van der Waals surface area contributed by atoms with Gasteiger partial charge >= 0.3 is 0 Å². The molecule has 2 aromatic heterocycles. The molecule has 2 aromatic carbocycles. The lowest BCUT2D eigenvalue weighted by molar-refractivity contribution is -0.115. The SMILES string of the molecule is Cc1ccc(NC(=O)Cc2csc(N(CCc3ccccc3)C(=O)c3cccs3)n2)c(C)c1. The van der Waals surface area contributed by atoms with E-state index in [0.29, 0.717) is 22.2 Å². The van der Waals surface area contributed by atoms with Gasteiger partial charge in [-0.2, -0.15) is 0 Å². The van der Waals surface area contributed by atoms with Crippen molar-refractivity contribution in [2.45, 2.75) is 26.7 Å². The Bertz CT molecular complexity index is 1230. The summed E-state index contributed by atoms with van der Waals surface area (Å²) in [5.74, 6) is -0.194. The highest BCUT2D eigenvalue weighted by molar-refractivity contribution is 7.14. The van der Waals surface area contributed by atoms with E-state index in [1.807, 2.05) is 73.1 Å². The minimum atomic E-state index is -0.126. The molecular formula is C26H25N3O2S2. The van der Waals surface area contributed by atoms with Gasteiger partial charge in [0, 0.05) is 17.6 Å². The number of nitrogens with one attached hydrogen (secondary N) is 1. The van der Waals surface area contributed by atoms with E-state index in [-0.39, 0.29) is 18.2 Å². The van der Waals surface area contributed by atoms with Crippen LogP contribution in [0.5, 0.6) is 0 Å². The van der Waals surface area contributed by atoms with Crippen LogP contribution in [0.4, 0.5) is 10.8 Å². The molecule has 0 atom stereocenters. The maximum atomic E-state index is 13.2. The summed E-state index contributed by atoms with van der Waals surface area (Å²) >= 11 is 2.81. The molecule has 0 unspecified atom stereocenters. The first-order chi connectivity index (χ1) is 16.0. The standard InChI is InChI=1S/C26H25N3O2S2/c1-18-10-11-22(19(2)15-18)28-24(30)16-21-17-33-26(27-21)29(25(31)23-9-6-14-32-23)13-12-20-7-4-3-5-8-20/h3-11,14-15,17H,12-13,16H2,1-2H3,(H,28,30). The number of nitrogens with zero attached hydrogens (tertiary/aromatic N) is 2. The van der Waals surface area contributed by atoms with Crippen LogP contribution in [0.2, 0.25) is 0 Å². The molecule has 0 aliphatic rings. The van der Waals surface area contributed by atoms with E-state index in [9.17, 15) is 9.59 Å². The number of aryl methyl sites for hydroxylation is 2. The number of carbonyl (C=O) groups is 2. The second-order valence-electron chi connectivity index (χ2n) is 7.83. The minimum Gasteiger partial charge on any atom is -0.326 e. The molecular weight excluding hydrogens is 450 g/mol. The van der Waals surface area contributed by atoms with E-state index in [2.05, 4.69) is 22.4 Å². The van der Waals surface area contributed by atoms with Gasteiger partial charge in [-0.3, -0.25) is 14.5 Å². The van der Waals surface area contributed by atoms with Crippen LogP contribution >= 0.6 is 22.7 Å². The van der Waals surface area contributed by atoms with Gasteiger partial charge in [-0.1, -0.05) is 54.1 Å². The van der Waals surface area contributed by atoms with Gasteiger partial charge in [0.1, 0.15) is 0 Å². The fourth-order valence-corrected chi connectivity index (χ4v) is 5.04. The molecule has 168 valence electrons. The largest absolute Gasteiger partial charge is 0.326 e. The topological polar surface area (TPSA) is 62.3 Å². The minimum absolute atomic E-state index is 0.0680. The molecule has 33 heavy (non-hydrogen) atoms. The van der Waals surface area contributed by atoms with Crippen molar-refractivity contribution >= 4 is 45.3 Å². The van der Waals surface area contributed by atoms with Crippen LogP contribution in [0.25, 0.3) is 0 Å². The van der Waals surface area contributed by atoms with Crippen molar-refractivity contribution < 1.29 is 9.59 Å². The monoisotopic (exact) mass is 475 g/mol. The number of thiazole rings is 1. The molecule has 0 saturated heterocycles. The Balaban J connectivity index is 1.48. The lowest BCUT2D eigenvalue weighted by Crippen LogP contribution is -2.32.